The van der Waals surface area contributed by atoms with Crippen molar-refractivity contribution in [3.05, 3.63) is 59.7 Å². The lowest BCUT2D eigenvalue weighted by molar-refractivity contribution is 0.0269. The first-order valence-corrected chi connectivity index (χ1v) is 8.42. The summed E-state index contributed by atoms with van der Waals surface area (Å²) in [5, 5.41) is 0. The summed E-state index contributed by atoms with van der Waals surface area (Å²) in [6, 6.07) is 16.1. The first-order chi connectivity index (χ1) is 12.3. The van der Waals surface area contributed by atoms with Gasteiger partial charge in [0.2, 0.25) is 0 Å². The summed E-state index contributed by atoms with van der Waals surface area (Å²) in [6.07, 6.45) is 0. The number of hydrogen-bond acceptors (Lipinski definition) is 4. The molecule has 1 atom stereocenters. The monoisotopic (exact) mass is 337 g/mol. The number of methoxy groups -OCH3 is 2. The molecule has 25 heavy (non-hydrogen) atoms. The van der Waals surface area contributed by atoms with Crippen LogP contribution < -0.4 is 9.47 Å². The minimum atomic E-state index is -0.0103. The molecule has 4 heteroatoms. The fourth-order valence-electron chi connectivity index (χ4n) is 2.92. The van der Waals surface area contributed by atoms with E-state index in [2.05, 4.69) is 22.8 Å². The smallest absolute Gasteiger partial charge is 0.161 e. The Morgan fingerprint density at radius 3 is 2.36 bits per heavy atom. The summed E-state index contributed by atoms with van der Waals surface area (Å²) in [4.78, 5) is 2.35. The standard InChI is InChI=1S/C21H23NO3/c1-23-20-11-9-18(16-21(20)24-2)19(22-12-14-25-15-13-22)10-8-17-6-4-3-5-7-17/h3-7,9,11,16,19H,12-15H2,1-2H3. The molecule has 2 aromatic carbocycles. The Morgan fingerprint density at radius 1 is 0.960 bits per heavy atom. The van der Waals surface area contributed by atoms with E-state index < -0.39 is 0 Å². The van der Waals surface area contributed by atoms with Crippen molar-refractivity contribution in [2.45, 2.75) is 6.04 Å². The van der Waals surface area contributed by atoms with Crippen molar-refractivity contribution in [2.24, 2.45) is 0 Å². The van der Waals surface area contributed by atoms with Crippen molar-refractivity contribution in [3.8, 4) is 23.3 Å². The molecule has 1 fully saturated rings. The molecule has 4 nitrogen and oxygen atoms in total. The first kappa shape index (κ1) is 17.3. The minimum Gasteiger partial charge on any atom is -0.493 e. The van der Waals surface area contributed by atoms with Gasteiger partial charge >= 0.3 is 0 Å². The molecule has 0 aliphatic carbocycles. The van der Waals surface area contributed by atoms with Crippen LogP contribution in [0.15, 0.2) is 48.5 Å². The maximum atomic E-state index is 5.50. The molecule has 1 unspecified atom stereocenters. The fraction of sp³-hybridized carbons (Fsp3) is 0.333. The Kier molecular flexibility index (Phi) is 5.95. The molecule has 1 aliphatic heterocycles. The highest BCUT2D eigenvalue weighted by Crippen LogP contribution is 2.32. The molecule has 1 aliphatic rings. The average molecular weight is 337 g/mol. The van der Waals surface area contributed by atoms with E-state index in [4.69, 9.17) is 14.2 Å². The summed E-state index contributed by atoms with van der Waals surface area (Å²) in [7, 11) is 3.30. The zero-order chi connectivity index (χ0) is 17.5. The van der Waals surface area contributed by atoms with Gasteiger partial charge in [0.1, 0.15) is 0 Å². The minimum absolute atomic E-state index is 0.0103. The van der Waals surface area contributed by atoms with E-state index in [-0.39, 0.29) is 6.04 Å². The lowest BCUT2D eigenvalue weighted by atomic mass is 10.0. The second-order valence-electron chi connectivity index (χ2n) is 5.80. The highest BCUT2D eigenvalue weighted by molar-refractivity contribution is 5.46. The number of nitrogens with zero attached hydrogens (tertiary/aromatic N) is 1. The van der Waals surface area contributed by atoms with Crippen LogP contribution in [0.1, 0.15) is 17.2 Å². The number of benzene rings is 2. The van der Waals surface area contributed by atoms with E-state index in [1.54, 1.807) is 14.2 Å². The third-order valence-corrected chi connectivity index (χ3v) is 4.26. The molecule has 0 aromatic heterocycles. The van der Waals surface area contributed by atoms with Crippen LogP contribution in [0, 0.1) is 11.8 Å². The average Bonchev–Trinajstić information content (AvgIpc) is 2.69. The predicted molar refractivity (Wildman–Crippen MR) is 98.0 cm³/mol. The second-order valence-corrected chi connectivity index (χ2v) is 5.80. The predicted octanol–water partition coefficient (Wildman–Crippen LogP) is 3.13. The lowest BCUT2D eigenvalue weighted by Gasteiger charge is -2.32. The van der Waals surface area contributed by atoms with Gasteiger partial charge in [0.05, 0.1) is 33.5 Å². The van der Waals surface area contributed by atoms with Crippen LogP contribution >= 0.6 is 0 Å². The van der Waals surface area contributed by atoms with Crippen molar-refractivity contribution in [1.82, 2.24) is 4.90 Å². The third kappa shape index (κ3) is 4.33. The van der Waals surface area contributed by atoms with Gasteiger partial charge in [-0.3, -0.25) is 4.90 Å². The molecule has 130 valence electrons. The second kappa shape index (κ2) is 8.57. The molecule has 0 saturated carbocycles. The quantitative estimate of drug-likeness (QED) is 0.802. The number of rotatable bonds is 4. The molecular weight excluding hydrogens is 314 g/mol. The zero-order valence-electron chi connectivity index (χ0n) is 14.7. The normalized spacial score (nSPS) is 15.8. The maximum Gasteiger partial charge on any atom is 0.161 e. The van der Waals surface area contributed by atoms with E-state index in [0.29, 0.717) is 0 Å². The van der Waals surface area contributed by atoms with Gasteiger partial charge in [-0.25, -0.2) is 0 Å². The number of morpholine rings is 1. The van der Waals surface area contributed by atoms with Gasteiger partial charge in [-0.15, -0.1) is 0 Å². The third-order valence-electron chi connectivity index (χ3n) is 4.26. The maximum absolute atomic E-state index is 5.50. The summed E-state index contributed by atoms with van der Waals surface area (Å²) in [6.45, 7) is 3.19. The van der Waals surface area contributed by atoms with Gasteiger partial charge in [-0.1, -0.05) is 36.1 Å². The van der Waals surface area contributed by atoms with Gasteiger partial charge < -0.3 is 14.2 Å². The molecular formula is C21H23NO3. The van der Waals surface area contributed by atoms with Crippen LogP contribution in [0.2, 0.25) is 0 Å². The molecule has 0 spiro atoms. The van der Waals surface area contributed by atoms with E-state index in [1.807, 2.05) is 42.5 Å². The molecule has 1 saturated heterocycles. The van der Waals surface area contributed by atoms with Gasteiger partial charge in [-0.2, -0.15) is 0 Å². The Hall–Kier alpha value is -2.48. The van der Waals surface area contributed by atoms with Gasteiger partial charge in [-0.05, 0) is 29.8 Å². The molecule has 0 amide bonds. The van der Waals surface area contributed by atoms with Crippen LogP contribution in [0.25, 0.3) is 0 Å². The highest BCUT2D eigenvalue weighted by Gasteiger charge is 2.22. The highest BCUT2D eigenvalue weighted by atomic mass is 16.5. The van der Waals surface area contributed by atoms with Crippen LogP contribution in [-0.4, -0.2) is 45.4 Å². The lowest BCUT2D eigenvalue weighted by Crippen LogP contribution is -2.38. The summed E-state index contributed by atoms with van der Waals surface area (Å²) in [5.41, 5.74) is 2.12. The Balaban J connectivity index is 1.95. The molecule has 3 rings (SSSR count). The van der Waals surface area contributed by atoms with Crippen LogP contribution in [0.3, 0.4) is 0 Å². The van der Waals surface area contributed by atoms with Crippen molar-refractivity contribution >= 4 is 0 Å². The van der Waals surface area contributed by atoms with Gasteiger partial charge in [0.15, 0.2) is 11.5 Å². The van der Waals surface area contributed by atoms with Gasteiger partial charge in [0.25, 0.3) is 0 Å². The van der Waals surface area contributed by atoms with Crippen molar-refractivity contribution < 1.29 is 14.2 Å². The molecule has 1 heterocycles. The van der Waals surface area contributed by atoms with Gasteiger partial charge in [0, 0.05) is 18.7 Å². The fourth-order valence-corrected chi connectivity index (χ4v) is 2.92. The zero-order valence-corrected chi connectivity index (χ0v) is 14.7. The van der Waals surface area contributed by atoms with Crippen LogP contribution in [0.5, 0.6) is 11.5 Å². The molecule has 2 aromatic rings. The molecule has 0 N–H and O–H groups in total. The Labute approximate surface area is 149 Å². The van der Waals surface area contributed by atoms with Crippen LogP contribution in [-0.2, 0) is 4.74 Å². The van der Waals surface area contributed by atoms with E-state index in [0.717, 1.165) is 48.9 Å². The van der Waals surface area contributed by atoms with Crippen molar-refractivity contribution in [3.63, 3.8) is 0 Å². The molecule has 0 radical (unpaired) electrons. The number of hydrogen-bond donors (Lipinski definition) is 0. The van der Waals surface area contributed by atoms with E-state index in [1.165, 1.54) is 0 Å². The largest absolute Gasteiger partial charge is 0.493 e. The SMILES string of the molecule is COc1ccc(C(C#Cc2ccccc2)N2CCOCC2)cc1OC. The Morgan fingerprint density at radius 2 is 1.68 bits per heavy atom. The molecule has 0 bridgehead atoms. The van der Waals surface area contributed by atoms with E-state index in [9.17, 15) is 0 Å². The summed E-state index contributed by atoms with van der Waals surface area (Å²) in [5.74, 6) is 8.18. The van der Waals surface area contributed by atoms with Crippen LogP contribution in [0.4, 0.5) is 0 Å². The topological polar surface area (TPSA) is 30.9 Å². The first-order valence-electron chi connectivity index (χ1n) is 8.42. The van der Waals surface area contributed by atoms with Crippen molar-refractivity contribution in [2.75, 3.05) is 40.5 Å². The summed E-state index contributed by atoms with van der Waals surface area (Å²) < 4.78 is 16.3. The number of ether oxygens (including phenoxy) is 3. The van der Waals surface area contributed by atoms with Crippen molar-refractivity contribution in [1.29, 1.82) is 0 Å². The van der Waals surface area contributed by atoms with E-state index >= 15 is 0 Å². The summed E-state index contributed by atoms with van der Waals surface area (Å²) >= 11 is 0. The Bertz CT molecular complexity index is 743.